The van der Waals surface area contributed by atoms with E-state index in [0.29, 0.717) is 30.0 Å². The van der Waals surface area contributed by atoms with Crippen molar-refractivity contribution in [3.8, 4) is 5.75 Å². The summed E-state index contributed by atoms with van der Waals surface area (Å²) in [6.45, 7) is 6.93. The normalized spacial score (nSPS) is 31.8. The molecule has 1 aromatic carbocycles. The minimum absolute atomic E-state index is 0.0623. The second kappa shape index (κ2) is 17.4. The van der Waals surface area contributed by atoms with Gasteiger partial charge in [0.2, 0.25) is 11.8 Å². The van der Waals surface area contributed by atoms with E-state index in [-0.39, 0.29) is 30.2 Å². The molecule has 0 saturated carbocycles. The minimum Gasteiger partial charge on any atom is -0.617 e. The first-order chi connectivity index (χ1) is 24.8. The summed E-state index contributed by atoms with van der Waals surface area (Å²) in [7, 11) is 5.95. The number of halogens is 1. The third kappa shape index (κ3) is 9.86. The maximum Gasteiger partial charge on any atom is 0.409 e. The van der Waals surface area contributed by atoms with E-state index in [1.807, 2.05) is 13.0 Å². The lowest BCUT2D eigenvalue weighted by Crippen LogP contribution is -2.63. The summed E-state index contributed by atoms with van der Waals surface area (Å²) in [6, 6.07) is 2.54. The van der Waals surface area contributed by atoms with E-state index in [0.717, 1.165) is 11.1 Å². The number of aliphatic hydroxyl groups is 1. The van der Waals surface area contributed by atoms with Crippen LogP contribution >= 0.6 is 11.6 Å². The lowest BCUT2D eigenvalue weighted by Gasteiger charge is -2.42. The zero-order valence-electron chi connectivity index (χ0n) is 31.8. The molecule has 14 nitrogen and oxygen atoms in total. The Kier molecular flexibility index (Phi) is 13.9. The molecule has 1 unspecified atom stereocenters. The molecular formula is C37H52ClN3O11S. The molecule has 3 aliphatic rings. The first-order valence-electron chi connectivity index (χ1n) is 17.5. The number of hydrogen-bond donors (Lipinski definition) is 2. The van der Waals surface area contributed by atoms with Crippen LogP contribution in [0.3, 0.4) is 0 Å². The van der Waals surface area contributed by atoms with Crippen molar-refractivity contribution in [1.29, 1.82) is 0 Å². The minimum atomic E-state index is -1.84. The smallest absolute Gasteiger partial charge is 0.409 e. The van der Waals surface area contributed by atoms with Crippen molar-refractivity contribution in [1.82, 2.24) is 10.2 Å². The van der Waals surface area contributed by atoms with E-state index in [1.165, 1.54) is 38.0 Å². The summed E-state index contributed by atoms with van der Waals surface area (Å²) in [5, 5.41) is 14.4. The number of methoxy groups -OCH3 is 2. The Labute approximate surface area is 319 Å². The molecule has 2 fully saturated rings. The third-order valence-electron chi connectivity index (χ3n) is 10.3. The lowest BCUT2D eigenvalue weighted by molar-refractivity contribution is -0.162. The van der Waals surface area contributed by atoms with Gasteiger partial charge in [0.1, 0.15) is 46.5 Å². The molecule has 0 aromatic heterocycles. The highest BCUT2D eigenvalue weighted by molar-refractivity contribution is 7.90. The number of hydrogen-bond acceptors (Lipinski definition) is 11. The van der Waals surface area contributed by atoms with Gasteiger partial charge in [-0.2, -0.15) is 0 Å². The number of nitrogens with one attached hydrogen (secondary N) is 1. The van der Waals surface area contributed by atoms with Gasteiger partial charge in [-0.3, -0.25) is 14.9 Å². The standard InChI is InChI=1S/C37H52ClN3O11S/c1-21-12-10-13-28(49-8)37(46)20-27(50-35(45)39-37)22(2)33-36(4,52-33)29(51-34(44)23(3)40(5)30(42)14-11-15-53(9)47)19-31(43)41(6)25-17-24(16-21)18-26(48-7)32(25)38/h10,12-13,17-18,22-23,27-29,33,46H,11,14-16,19-20H2,1-9H3,(H,39,45)/b13-10+,21-12+/t22-,23+,27+,28-,29+,33+,36+,37+,53?/m1/s1. The first kappa shape index (κ1) is 42.4. The molecule has 16 heteroatoms. The number of carbonyl (C=O) groups excluding carboxylic acids is 4. The van der Waals surface area contributed by atoms with Gasteiger partial charge < -0.3 is 43.1 Å². The predicted octanol–water partition coefficient (Wildman–Crippen LogP) is 3.67. The number of anilines is 1. The van der Waals surface area contributed by atoms with Gasteiger partial charge in [-0.15, -0.1) is 0 Å². The highest BCUT2D eigenvalue weighted by atomic mass is 35.5. The molecule has 3 heterocycles. The number of amides is 3. The maximum atomic E-state index is 14.1. The van der Waals surface area contributed by atoms with E-state index >= 15 is 0 Å². The molecule has 0 aliphatic carbocycles. The summed E-state index contributed by atoms with van der Waals surface area (Å²) in [6.07, 6.45) is 2.85. The zero-order chi connectivity index (χ0) is 39.4. The van der Waals surface area contributed by atoms with Crippen LogP contribution in [0.5, 0.6) is 5.75 Å². The molecule has 0 radical (unpaired) electrons. The van der Waals surface area contributed by atoms with Gasteiger partial charge in [0, 0.05) is 46.4 Å². The number of alkyl carbamates (subject to hydrolysis) is 1. The number of rotatable bonds is 9. The van der Waals surface area contributed by atoms with Crippen molar-refractivity contribution in [2.45, 2.75) is 102 Å². The van der Waals surface area contributed by atoms with E-state index in [9.17, 15) is 28.8 Å². The number of epoxide rings is 1. The van der Waals surface area contributed by atoms with Crippen LogP contribution in [0, 0.1) is 5.92 Å². The number of likely N-dealkylation sites (N-methyl/N-ethyl adjacent to an activating group) is 1. The average molecular weight is 782 g/mol. The van der Waals surface area contributed by atoms with Crippen LogP contribution in [-0.2, 0) is 50.9 Å². The topological polar surface area (TPSA) is 180 Å². The molecule has 294 valence electrons. The molecule has 4 bridgehead atoms. The first-order valence-corrected chi connectivity index (χ1v) is 19.6. The summed E-state index contributed by atoms with van der Waals surface area (Å²) in [4.78, 5) is 56.2. The predicted molar refractivity (Wildman–Crippen MR) is 199 cm³/mol. The Balaban J connectivity index is 1.73. The fourth-order valence-corrected chi connectivity index (χ4v) is 7.69. The number of ether oxygens (including phenoxy) is 5. The van der Waals surface area contributed by atoms with Gasteiger partial charge in [0.05, 0.1) is 31.6 Å². The number of carbonyl (C=O) groups is 4. The molecule has 9 atom stereocenters. The Bertz CT molecular complexity index is 1610. The molecule has 3 amide bonds. The third-order valence-corrected chi connectivity index (χ3v) is 11.6. The Morgan fingerprint density at radius 1 is 1.28 bits per heavy atom. The van der Waals surface area contributed by atoms with Crippen LogP contribution in [0.2, 0.25) is 5.02 Å². The summed E-state index contributed by atoms with van der Waals surface area (Å²) in [5.74, 6) is -1.36. The summed E-state index contributed by atoms with van der Waals surface area (Å²) >= 11 is 5.69. The van der Waals surface area contributed by atoms with Crippen LogP contribution in [-0.4, -0.2) is 121 Å². The van der Waals surface area contributed by atoms with Crippen LogP contribution in [0.15, 0.2) is 35.9 Å². The van der Waals surface area contributed by atoms with Crippen LogP contribution in [0.25, 0.3) is 0 Å². The van der Waals surface area contributed by atoms with E-state index in [4.69, 9.17) is 35.3 Å². The molecule has 53 heavy (non-hydrogen) atoms. The fourth-order valence-electron chi connectivity index (χ4n) is 6.82. The van der Waals surface area contributed by atoms with Gasteiger partial charge >= 0.3 is 12.1 Å². The molecular weight excluding hydrogens is 730 g/mol. The Hall–Kier alpha value is -3.34. The van der Waals surface area contributed by atoms with Crippen LogP contribution in [0.4, 0.5) is 10.5 Å². The quantitative estimate of drug-likeness (QED) is 0.212. The zero-order valence-corrected chi connectivity index (χ0v) is 33.4. The van der Waals surface area contributed by atoms with Crippen molar-refractivity contribution in [2.24, 2.45) is 5.92 Å². The number of fused-ring (bicyclic) bond motifs is 5. The molecule has 2 saturated heterocycles. The average Bonchev–Trinajstić information content (AvgIpc) is 3.79. The van der Waals surface area contributed by atoms with E-state index < -0.39 is 76.8 Å². The molecule has 0 spiro atoms. The van der Waals surface area contributed by atoms with Gasteiger partial charge in [-0.05, 0) is 44.9 Å². The van der Waals surface area contributed by atoms with Gasteiger partial charge in [-0.1, -0.05) is 53.5 Å². The summed E-state index contributed by atoms with van der Waals surface area (Å²) < 4.78 is 40.6. The number of esters is 1. The highest BCUT2D eigenvalue weighted by Gasteiger charge is 2.64. The SMILES string of the molecule is COc1cc2cc(c1Cl)N(C)C(=O)C[C@H](OC(=O)[C@H](C)N(C)C(=O)CCC[S+](C)[O-])[C@]1(C)O[C@H]1[C@H](C)[C@@H]1C[C@@](O)(NC(=O)O1)[C@H](OC)/C=C/C=C(\C)C2. The van der Waals surface area contributed by atoms with Crippen molar-refractivity contribution < 1.29 is 52.5 Å². The highest BCUT2D eigenvalue weighted by Crippen LogP contribution is 2.49. The monoisotopic (exact) mass is 781 g/mol. The molecule has 2 N–H and O–H groups in total. The van der Waals surface area contributed by atoms with E-state index in [1.54, 1.807) is 51.4 Å². The molecule has 4 rings (SSSR count). The molecule has 1 aromatic rings. The van der Waals surface area contributed by atoms with Crippen molar-refractivity contribution in [3.63, 3.8) is 0 Å². The fraction of sp³-hybridized carbons (Fsp3) is 0.622. The van der Waals surface area contributed by atoms with Crippen LogP contribution in [0.1, 0.15) is 58.9 Å². The van der Waals surface area contributed by atoms with Crippen molar-refractivity contribution in [2.75, 3.05) is 45.2 Å². The van der Waals surface area contributed by atoms with Gasteiger partial charge in [0.25, 0.3) is 0 Å². The summed E-state index contributed by atoms with van der Waals surface area (Å²) in [5.41, 5.74) is -0.977. The molecule has 3 aliphatic heterocycles. The lowest BCUT2D eigenvalue weighted by atomic mass is 9.83. The number of nitrogens with zero attached hydrogens (tertiary/aromatic N) is 2. The van der Waals surface area contributed by atoms with Crippen molar-refractivity contribution >= 4 is 52.3 Å². The second-order valence-electron chi connectivity index (χ2n) is 14.3. The van der Waals surface area contributed by atoms with Crippen molar-refractivity contribution in [3.05, 3.63) is 46.5 Å². The maximum absolute atomic E-state index is 14.1. The van der Waals surface area contributed by atoms with Gasteiger partial charge in [0.15, 0.2) is 5.72 Å². The number of benzene rings is 1. The van der Waals surface area contributed by atoms with Gasteiger partial charge in [-0.25, -0.2) is 9.59 Å². The Morgan fingerprint density at radius 2 is 1.98 bits per heavy atom. The largest absolute Gasteiger partial charge is 0.617 e. The number of allylic oxidation sites excluding steroid dienone is 3. The van der Waals surface area contributed by atoms with Crippen LogP contribution < -0.4 is 15.0 Å². The second-order valence-corrected chi connectivity index (χ2v) is 16.2. The van der Waals surface area contributed by atoms with E-state index in [2.05, 4.69) is 5.32 Å². The Morgan fingerprint density at radius 3 is 2.62 bits per heavy atom.